The molecule has 0 spiro atoms. The maximum Gasteiger partial charge on any atom is 0.188 e. The van der Waals surface area contributed by atoms with Gasteiger partial charge in [0.15, 0.2) is 5.96 Å². The van der Waals surface area contributed by atoms with E-state index in [1.54, 1.807) is 0 Å². The van der Waals surface area contributed by atoms with Gasteiger partial charge in [-0.1, -0.05) is 26.7 Å². The molecule has 3 N–H and O–H groups in total. The van der Waals surface area contributed by atoms with Crippen LogP contribution in [0.2, 0.25) is 0 Å². The molecule has 4 nitrogen and oxygen atoms in total. The lowest BCUT2D eigenvalue weighted by atomic mass is 9.98. The molecule has 1 unspecified atom stereocenters. The summed E-state index contributed by atoms with van der Waals surface area (Å²) in [7, 11) is 0. The van der Waals surface area contributed by atoms with Gasteiger partial charge in [-0.3, -0.25) is 4.99 Å². The highest BCUT2D eigenvalue weighted by Crippen LogP contribution is 2.30. The molecule has 0 amide bonds. The standard InChI is InChI=1S/C16H33N3O/c1-4-20-15(14-7-5-6-8-14)10-12-19-16(17)18-11-9-13(2)3/h13-15H,4-12H2,1-3H3,(H3,17,18,19). The molecule has 0 aliphatic heterocycles. The first-order valence-electron chi connectivity index (χ1n) is 8.28. The predicted molar refractivity (Wildman–Crippen MR) is 85.9 cm³/mol. The van der Waals surface area contributed by atoms with Crippen LogP contribution in [0.25, 0.3) is 0 Å². The molecule has 0 aromatic rings. The van der Waals surface area contributed by atoms with E-state index in [1.165, 1.54) is 25.7 Å². The van der Waals surface area contributed by atoms with Gasteiger partial charge in [-0.05, 0) is 44.4 Å². The molecule has 0 heterocycles. The van der Waals surface area contributed by atoms with E-state index in [0.717, 1.165) is 38.5 Å². The molecule has 4 heteroatoms. The van der Waals surface area contributed by atoms with E-state index in [9.17, 15) is 0 Å². The summed E-state index contributed by atoms with van der Waals surface area (Å²) in [6.07, 6.45) is 7.83. The van der Waals surface area contributed by atoms with Crippen molar-refractivity contribution in [2.75, 3.05) is 19.7 Å². The van der Waals surface area contributed by atoms with Gasteiger partial charge in [0, 0.05) is 19.7 Å². The van der Waals surface area contributed by atoms with E-state index in [1.807, 2.05) is 0 Å². The second-order valence-electron chi connectivity index (χ2n) is 6.20. The number of nitrogens with two attached hydrogens (primary N) is 1. The van der Waals surface area contributed by atoms with Gasteiger partial charge in [-0.25, -0.2) is 0 Å². The third-order valence-electron chi connectivity index (χ3n) is 4.03. The Morgan fingerprint density at radius 3 is 2.60 bits per heavy atom. The number of aliphatic imine (C=N–C) groups is 1. The Labute approximate surface area is 124 Å². The van der Waals surface area contributed by atoms with Crippen molar-refractivity contribution in [1.82, 2.24) is 5.32 Å². The number of nitrogens with zero attached hydrogens (tertiary/aromatic N) is 1. The molecule has 0 aromatic heterocycles. The Morgan fingerprint density at radius 1 is 1.30 bits per heavy atom. The van der Waals surface area contributed by atoms with Crippen LogP contribution in [0.5, 0.6) is 0 Å². The second-order valence-corrected chi connectivity index (χ2v) is 6.20. The summed E-state index contributed by atoms with van der Waals surface area (Å²) in [6, 6.07) is 0. The summed E-state index contributed by atoms with van der Waals surface area (Å²) in [6.45, 7) is 8.97. The lowest BCUT2D eigenvalue weighted by molar-refractivity contribution is 0.0177. The van der Waals surface area contributed by atoms with E-state index in [4.69, 9.17) is 10.5 Å². The predicted octanol–water partition coefficient (Wildman–Crippen LogP) is 2.92. The first-order chi connectivity index (χ1) is 9.63. The topological polar surface area (TPSA) is 59.6 Å². The van der Waals surface area contributed by atoms with Crippen LogP contribution >= 0.6 is 0 Å². The van der Waals surface area contributed by atoms with Crippen molar-refractivity contribution in [1.29, 1.82) is 0 Å². The molecule has 1 saturated carbocycles. The first kappa shape index (κ1) is 17.3. The first-order valence-corrected chi connectivity index (χ1v) is 8.28. The van der Waals surface area contributed by atoms with Crippen molar-refractivity contribution in [2.45, 2.75) is 65.4 Å². The van der Waals surface area contributed by atoms with Crippen LogP contribution in [-0.2, 0) is 4.74 Å². The normalized spacial score (nSPS) is 18.7. The summed E-state index contributed by atoms with van der Waals surface area (Å²) in [5, 5.41) is 3.18. The summed E-state index contributed by atoms with van der Waals surface area (Å²) in [4.78, 5) is 4.42. The quantitative estimate of drug-likeness (QED) is 0.505. The van der Waals surface area contributed by atoms with Gasteiger partial charge in [0.25, 0.3) is 0 Å². The fourth-order valence-corrected chi connectivity index (χ4v) is 2.86. The Bertz CT molecular complexity index is 273. The smallest absolute Gasteiger partial charge is 0.188 e. The minimum atomic E-state index is 0.370. The van der Waals surface area contributed by atoms with Gasteiger partial charge in [0.1, 0.15) is 0 Å². The Balaban J connectivity index is 2.24. The summed E-state index contributed by atoms with van der Waals surface area (Å²) < 4.78 is 5.89. The molecular weight excluding hydrogens is 250 g/mol. The highest BCUT2D eigenvalue weighted by atomic mass is 16.5. The summed E-state index contributed by atoms with van der Waals surface area (Å²) in [5.74, 6) is 2.01. The van der Waals surface area contributed by atoms with Crippen LogP contribution in [0.4, 0.5) is 0 Å². The highest BCUT2D eigenvalue weighted by Gasteiger charge is 2.24. The third kappa shape index (κ3) is 7.13. The molecule has 1 rings (SSSR count). The average molecular weight is 283 g/mol. The number of nitrogens with one attached hydrogen (secondary N) is 1. The maximum atomic E-state index is 5.89. The number of rotatable bonds is 9. The SMILES string of the molecule is CCOC(CCN=C(N)NCCC(C)C)C1CCCC1. The van der Waals surface area contributed by atoms with Crippen LogP contribution in [0.3, 0.4) is 0 Å². The monoisotopic (exact) mass is 283 g/mol. The minimum absolute atomic E-state index is 0.370. The van der Waals surface area contributed by atoms with Crippen molar-refractivity contribution in [2.24, 2.45) is 22.6 Å². The summed E-state index contributed by atoms with van der Waals surface area (Å²) in [5.41, 5.74) is 5.87. The number of hydrogen-bond acceptors (Lipinski definition) is 2. The van der Waals surface area contributed by atoms with Crippen molar-refractivity contribution in [3.05, 3.63) is 0 Å². The molecule has 118 valence electrons. The summed E-state index contributed by atoms with van der Waals surface area (Å²) >= 11 is 0. The van der Waals surface area contributed by atoms with Crippen LogP contribution in [-0.4, -0.2) is 31.8 Å². The van der Waals surface area contributed by atoms with Gasteiger partial charge in [-0.15, -0.1) is 0 Å². The average Bonchev–Trinajstić information content (AvgIpc) is 2.91. The Morgan fingerprint density at radius 2 is 2.00 bits per heavy atom. The zero-order valence-corrected chi connectivity index (χ0v) is 13.5. The zero-order valence-electron chi connectivity index (χ0n) is 13.5. The molecular formula is C16H33N3O. The van der Waals surface area contributed by atoms with Gasteiger partial charge in [-0.2, -0.15) is 0 Å². The second kappa shape index (κ2) is 10.0. The van der Waals surface area contributed by atoms with Gasteiger partial charge in [0.05, 0.1) is 6.10 Å². The van der Waals surface area contributed by atoms with Crippen LogP contribution in [0, 0.1) is 11.8 Å². The lowest BCUT2D eigenvalue weighted by Crippen LogP contribution is -2.33. The van der Waals surface area contributed by atoms with Crippen LogP contribution in [0.1, 0.15) is 59.3 Å². The van der Waals surface area contributed by atoms with Crippen molar-refractivity contribution >= 4 is 5.96 Å². The van der Waals surface area contributed by atoms with Crippen LogP contribution in [0.15, 0.2) is 4.99 Å². The molecule has 0 radical (unpaired) electrons. The van der Waals surface area contributed by atoms with Crippen molar-refractivity contribution < 1.29 is 4.74 Å². The molecule has 0 aromatic carbocycles. The van der Waals surface area contributed by atoms with E-state index < -0.39 is 0 Å². The molecule has 0 bridgehead atoms. The fraction of sp³-hybridized carbons (Fsp3) is 0.938. The van der Waals surface area contributed by atoms with Gasteiger partial charge >= 0.3 is 0 Å². The molecule has 1 atom stereocenters. The van der Waals surface area contributed by atoms with Crippen molar-refractivity contribution in [3.8, 4) is 0 Å². The van der Waals surface area contributed by atoms with E-state index in [0.29, 0.717) is 18.0 Å². The number of hydrogen-bond donors (Lipinski definition) is 2. The fourth-order valence-electron chi connectivity index (χ4n) is 2.86. The largest absolute Gasteiger partial charge is 0.378 e. The van der Waals surface area contributed by atoms with Gasteiger partial charge < -0.3 is 15.8 Å². The Kier molecular flexibility index (Phi) is 8.67. The number of guanidine groups is 1. The highest BCUT2D eigenvalue weighted by molar-refractivity contribution is 5.77. The van der Waals surface area contributed by atoms with Gasteiger partial charge in [0.2, 0.25) is 0 Å². The molecule has 1 fully saturated rings. The molecule has 1 aliphatic carbocycles. The minimum Gasteiger partial charge on any atom is -0.378 e. The van der Waals surface area contributed by atoms with Crippen molar-refractivity contribution in [3.63, 3.8) is 0 Å². The maximum absolute atomic E-state index is 5.89. The lowest BCUT2D eigenvalue weighted by Gasteiger charge is -2.22. The van der Waals surface area contributed by atoms with E-state index in [2.05, 4.69) is 31.1 Å². The zero-order chi connectivity index (χ0) is 14.8. The van der Waals surface area contributed by atoms with E-state index >= 15 is 0 Å². The Hall–Kier alpha value is -0.770. The van der Waals surface area contributed by atoms with E-state index in [-0.39, 0.29) is 0 Å². The molecule has 20 heavy (non-hydrogen) atoms. The molecule has 1 aliphatic rings. The third-order valence-corrected chi connectivity index (χ3v) is 4.03. The molecule has 0 saturated heterocycles. The number of ether oxygens (including phenoxy) is 1. The van der Waals surface area contributed by atoms with Crippen LogP contribution < -0.4 is 11.1 Å².